The minimum absolute atomic E-state index is 0. The van der Waals surface area contributed by atoms with Gasteiger partial charge < -0.3 is 15.2 Å². The number of hydrogen-bond acceptors (Lipinski definition) is 4. The topological polar surface area (TPSA) is 65.7 Å². The Bertz CT molecular complexity index is 760. The van der Waals surface area contributed by atoms with Gasteiger partial charge >= 0.3 is 0 Å². The van der Waals surface area contributed by atoms with Gasteiger partial charge in [-0.2, -0.15) is 0 Å². The van der Waals surface area contributed by atoms with Crippen LogP contribution in [0.4, 0.5) is 0 Å². The first-order valence-corrected chi connectivity index (χ1v) is 10.9. The second-order valence-electron chi connectivity index (χ2n) is 7.67. The molecule has 1 aromatic carbocycles. The third kappa shape index (κ3) is 6.97. The molecule has 0 amide bonds. The Morgan fingerprint density at radius 1 is 1.00 bits per heavy atom. The minimum atomic E-state index is 0. The standard InChI is InChI=1S/C23H35N5O.HI/c1-4-21-20(22(5-2)29-27-21)16-26-23(24-3)25-15-18-9-11-19(12-10-18)17-28-13-7-6-8-14-28;/h9-12H,4-8,13-17H2,1-3H3,(H2,24,25,26);1H. The Balaban J connectivity index is 0.00000320. The predicted octanol–water partition coefficient (Wildman–Crippen LogP) is 4.27. The molecule has 166 valence electrons. The van der Waals surface area contributed by atoms with Crippen LogP contribution in [0.2, 0.25) is 0 Å². The number of aliphatic imine (C=N–C) groups is 1. The Hall–Kier alpha value is -1.61. The van der Waals surface area contributed by atoms with Gasteiger partial charge in [0.2, 0.25) is 0 Å². The highest BCUT2D eigenvalue weighted by molar-refractivity contribution is 14.0. The van der Waals surface area contributed by atoms with E-state index in [2.05, 4.69) is 63.8 Å². The van der Waals surface area contributed by atoms with E-state index in [1.54, 1.807) is 7.05 Å². The van der Waals surface area contributed by atoms with Gasteiger partial charge in [0.15, 0.2) is 5.96 Å². The van der Waals surface area contributed by atoms with Gasteiger partial charge in [-0.25, -0.2) is 0 Å². The molecule has 0 atom stereocenters. The summed E-state index contributed by atoms with van der Waals surface area (Å²) in [6.45, 7) is 9.14. The van der Waals surface area contributed by atoms with Crippen molar-refractivity contribution in [2.24, 2.45) is 4.99 Å². The Morgan fingerprint density at radius 2 is 1.67 bits per heavy atom. The molecular formula is C23H36IN5O. The van der Waals surface area contributed by atoms with Crippen LogP contribution in [0, 0.1) is 0 Å². The summed E-state index contributed by atoms with van der Waals surface area (Å²) >= 11 is 0. The van der Waals surface area contributed by atoms with Crippen LogP contribution in [0.1, 0.15) is 61.3 Å². The van der Waals surface area contributed by atoms with Crippen LogP contribution >= 0.6 is 24.0 Å². The first kappa shape index (κ1) is 24.7. The first-order valence-electron chi connectivity index (χ1n) is 10.9. The fourth-order valence-corrected chi connectivity index (χ4v) is 3.85. The third-order valence-electron chi connectivity index (χ3n) is 5.60. The molecule has 0 spiro atoms. The van der Waals surface area contributed by atoms with Crippen LogP contribution in [0.25, 0.3) is 0 Å². The molecule has 30 heavy (non-hydrogen) atoms. The normalized spacial score (nSPS) is 15.0. The Kier molecular flexibility index (Phi) is 10.6. The summed E-state index contributed by atoms with van der Waals surface area (Å²) in [6, 6.07) is 8.92. The molecule has 1 aliphatic heterocycles. The van der Waals surface area contributed by atoms with Crippen molar-refractivity contribution in [1.82, 2.24) is 20.7 Å². The zero-order valence-corrected chi connectivity index (χ0v) is 20.9. The van der Waals surface area contributed by atoms with E-state index >= 15 is 0 Å². The average molecular weight is 525 g/mol. The molecule has 1 fully saturated rings. The largest absolute Gasteiger partial charge is 0.361 e. The van der Waals surface area contributed by atoms with Crippen molar-refractivity contribution in [3.05, 3.63) is 52.4 Å². The number of hydrogen-bond donors (Lipinski definition) is 2. The molecule has 1 saturated heterocycles. The number of rotatable bonds is 8. The van der Waals surface area contributed by atoms with E-state index in [1.807, 2.05) is 0 Å². The molecular weight excluding hydrogens is 489 g/mol. The number of benzene rings is 1. The number of piperidine rings is 1. The van der Waals surface area contributed by atoms with Gasteiger partial charge in [-0.3, -0.25) is 9.89 Å². The van der Waals surface area contributed by atoms with Crippen molar-refractivity contribution in [2.75, 3.05) is 20.1 Å². The first-order chi connectivity index (χ1) is 14.2. The van der Waals surface area contributed by atoms with Gasteiger partial charge in [0.1, 0.15) is 5.76 Å². The molecule has 0 saturated carbocycles. The van der Waals surface area contributed by atoms with Gasteiger partial charge in [-0.1, -0.05) is 49.7 Å². The zero-order valence-electron chi connectivity index (χ0n) is 18.5. The molecule has 0 aliphatic carbocycles. The SMILES string of the molecule is CCc1noc(CC)c1CNC(=NC)NCc1ccc(CN2CCCCC2)cc1.I. The lowest BCUT2D eigenvalue weighted by Gasteiger charge is -2.26. The van der Waals surface area contributed by atoms with Crippen molar-refractivity contribution in [2.45, 2.75) is 65.6 Å². The molecule has 1 aromatic heterocycles. The molecule has 0 unspecified atom stereocenters. The van der Waals surface area contributed by atoms with Crippen LogP contribution in [-0.4, -0.2) is 36.2 Å². The number of aromatic nitrogens is 1. The van der Waals surface area contributed by atoms with E-state index in [9.17, 15) is 0 Å². The highest BCUT2D eigenvalue weighted by atomic mass is 127. The fourth-order valence-electron chi connectivity index (χ4n) is 3.85. The number of nitrogens with zero attached hydrogens (tertiary/aromatic N) is 3. The smallest absolute Gasteiger partial charge is 0.191 e. The maximum absolute atomic E-state index is 5.44. The van der Waals surface area contributed by atoms with E-state index in [0.717, 1.165) is 48.9 Å². The molecule has 2 heterocycles. The van der Waals surface area contributed by atoms with Gasteiger partial charge in [-0.15, -0.1) is 24.0 Å². The second kappa shape index (κ2) is 12.9. The van der Waals surface area contributed by atoms with Crippen molar-refractivity contribution in [3.8, 4) is 0 Å². The van der Waals surface area contributed by atoms with Gasteiger partial charge in [0.05, 0.1) is 5.69 Å². The van der Waals surface area contributed by atoms with Crippen molar-refractivity contribution in [1.29, 1.82) is 0 Å². The summed E-state index contributed by atoms with van der Waals surface area (Å²) in [6.07, 6.45) is 5.77. The lowest BCUT2D eigenvalue weighted by molar-refractivity contribution is 0.221. The summed E-state index contributed by atoms with van der Waals surface area (Å²) in [5.74, 6) is 1.74. The van der Waals surface area contributed by atoms with E-state index < -0.39 is 0 Å². The number of nitrogens with one attached hydrogen (secondary N) is 2. The number of halogens is 1. The summed E-state index contributed by atoms with van der Waals surface area (Å²) in [5, 5.41) is 11.0. The number of aryl methyl sites for hydroxylation is 2. The molecule has 2 aromatic rings. The predicted molar refractivity (Wildman–Crippen MR) is 133 cm³/mol. The second-order valence-corrected chi connectivity index (χ2v) is 7.67. The molecule has 2 N–H and O–H groups in total. The van der Waals surface area contributed by atoms with E-state index in [0.29, 0.717) is 6.54 Å². The van der Waals surface area contributed by atoms with E-state index in [4.69, 9.17) is 4.52 Å². The summed E-state index contributed by atoms with van der Waals surface area (Å²) in [5.41, 5.74) is 4.82. The number of guanidine groups is 1. The molecule has 7 heteroatoms. The molecule has 3 rings (SSSR count). The lowest BCUT2D eigenvalue weighted by Crippen LogP contribution is -2.36. The lowest BCUT2D eigenvalue weighted by atomic mass is 10.1. The van der Waals surface area contributed by atoms with Crippen LogP contribution in [0.15, 0.2) is 33.8 Å². The Labute approximate surface area is 197 Å². The number of likely N-dealkylation sites (tertiary alicyclic amines) is 1. The highest BCUT2D eigenvalue weighted by Crippen LogP contribution is 2.16. The molecule has 1 aliphatic rings. The summed E-state index contributed by atoms with van der Waals surface area (Å²) in [7, 11) is 1.80. The van der Waals surface area contributed by atoms with Crippen LogP contribution in [0.3, 0.4) is 0 Å². The zero-order chi connectivity index (χ0) is 20.5. The minimum Gasteiger partial charge on any atom is -0.361 e. The molecule has 0 bridgehead atoms. The monoisotopic (exact) mass is 525 g/mol. The average Bonchev–Trinajstić information content (AvgIpc) is 3.17. The Morgan fingerprint density at radius 3 is 2.30 bits per heavy atom. The maximum atomic E-state index is 5.44. The summed E-state index contributed by atoms with van der Waals surface area (Å²) < 4.78 is 5.44. The van der Waals surface area contributed by atoms with Crippen LogP contribution < -0.4 is 10.6 Å². The molecule has 6 nitrogen and oxygen atoms in total. The van der Waals surface area contributed by atoms with Crippen molar-refractivity contribution >= 4 is 29.9 Å². The fraction of sp³-hybridized carbons (Fsp3) is 0.565. The van der Waals surface area contributed by atoms with Crippen LogP contribution in [-0.2, 0) is 32.5 Å². The maximum Gasteiger partial charge on any atom is 0.191 e. The van der Waals surface area contributed by atoms with Gasteiger partial charge in [0.25, 0.3) is 0 Å². The van der Waals surface area contributed by atoms with Gasteiger partial charge in [-0.05, 0) is 43.5 Å². The third-order valence-corrected chi connectivity index (χ3v) is 5.60. The van der Waals surface area contributed by atoms with E-state index in [1.165, 1.54) is 43.5 Å². The quantitative estimate of drug-likeness (QED) is 0.306. The highest BCUT2D eigenvalue weighted by Gasteiger charge is 2.14. The van der Waals surface area contributed by atoms with Crippen molar-refractivity contribution in [3.63, 3.8) is 0 Å². The molecule has 0 radical (unpaired) electrons. The van der Waals surface area contributed by atoms with Gasteiger partial charge in [0, 0.05) is 38.7 Å². The van der Waals surface area contributed by atoms with Crippen LogP contribution in [0.5, 0.6) is 0 Å². The summed E-state index contributed by atoms with van der Waals surface area (Å²) in [4.78, 5) is 6.90. The van der Waals surface area contributed by atoms with E-state index in [-0.39, 0.29) is 24.0 Å². The van der Waals surface area contributed by atoms with Crippen molar-refractivity contribution < 1.29 is 4.52 Å².